The smallest absolute Gasteiger partial charge is 0.240 e. The number of hydrogen-bond donors (Lipinski definition) is 1. The number of carbonyl (C=O) groups excluding carboxylic acids is 1. The first-order valence-corrected chi connectivity index (χ1v) is 7.35. The van der Waals surface area contributed by atoms with Crippen LogP contribution in [-0.4, -0.2) is 79.1 Å². The zero-order chi connectivity index (χ0) is 14.2. The average molecular weight is 268 g/mol. The lowest BCUT2D eigenvalue weighted by Gasteiger charge is -2.41. The summed E-state index contributed by atoms with van der Waals surface area (Å²) in [7, 11) is 4.33. The summed E-state index contributed by atoms with van der Waals surface area (Å²) in [5.41, 5.74) is 0. The van der Waals surface area contributed by atoms with E-state index in [4.69, 9.17) is 0 Å². The molecule has 1 N–H and O–H groups in total. The topological polar surface area (TPSA) is 38.8 Å². The molecular formula is C14H28N4O. The predicted octanol–water partition coefficient (Wildman–Crippen LogP) is 0.0346. The third-order valence-corrected chi connectivity index (χ3v) is 4.43. The lowest BCUT2D eigenvalue weighted by atomic mass is 10.1. The van der Waals surface area contributed by atoms with E-state index in [1.165, 1.54) is 0 Å². The molecule has 5 heteroatoms. The van der Waals surface area contributed by atoms with Crippen LogP contribution in [0, 0.1) is 5.92 Å². The number of amides is 1. The number of likely N-dealkylation sites (N-methyl/N-ethyl adjacent to an activating group) is 2. The first kappa shape index (κ1) is 14.8. The van der Waals surface area contributed by atoms with E-state index < -0.39 is 0 Å². The lowest BCUT2D eigenvalue weighted by molar-refractivity contribution is -0.131. The van der Waals surface area contributed by atoms with Gasteiger partial charge in [0.2, 0.25) is 5.91 Å². The van der Waals surface area contributed by atoms with Crippen LogP contribution < -0.4 is 5.32 Å². The van der Waals surface area contributed by atoms with E-state index in [-0.39, 0.29) is 18.1 Å². The van der Waals surface area contributed by atoms with Crippen LogP contribution in [0.15, 0.2) is 0 Å². The number of hydrogen-bond acceptors (Lipinski definition) is 4. The summed E-state index contributed by atoms with van der Waals surface area (Å²) < 4.78 is 0. The van der Waals surface area contributed by atoms with Crippen molar-refractivity contribution in [2.45, 2.75) is 39.0 Å². The molecule has 19 heavy (non-hydrogen) atoms. The Labute approximate surface area is 116 Å². The van der Waals surface area contributed by atoms with Crippen LogP contribution in [0.4, 0.5) is 0 Å². The molecule has 2 heterocycles. The molecule has 2 aliphatic heterocycles. The minimum Gasteiger partial charge on any atom is -0.324 e. The van der Waals surface area contributed by atoms with Gasteiger partial charge in [-0.1, -0.05) is 13.8 Å². The highest BCUT2D eigenvalue weighted by Gasteiger charge is 2.39. The SMILES string of the molecule is CC1NC(C(C)C)N(CC2CN(C)CCN2C)C1=O. The zero-order valence-corrected chi connectivity index (χ0v) is 12.9. The van der Waals surface area contributed by atoms with Gasteiger partial charge in [-0.2, -0.15) is 0 Å². The molecule has 2 fully saturated rings. The molecule has 0 bridgehead atoms. The van der Waals surface area contributed by atoms with Crippen molar-refractivity contribution in [2.24, 2.45) is 5.92 Å². The molecular weight excluding hydrogens is 240 g/mol. The van der Waals surface area contributed by atoms with Crippen LogP contribution in [0.25, 0.3) is 0 Å². The van der Waals surface area contributed by atoms with Crippen LogP contribution in [0.1, 0.15) is 20.8 Å². The first-order chi connectivity index (χ1) is 8.90. The van der Waals surface area contributed by atoms with E-state index >= 15 is 0 Å². The molecule has 110 valence electrons. The highest BCUT2D eigenvalue weighted by Crippen LogP contribution is 2.19. The maximum absolute atomic E-state index is 12.3. The normalized spacial score (nSPS) is 34.5. The second-order valence-electron chi connectivity index (χ2n) is 6.46. The van der Waals surface area contributed by atoms with Crippen molar-refractivity contribution < 1.29 is 4.79 Å². The Morgan fingerprint density at radius 3 is 2.63 bits per heavy atom. The van der Waals surface area contributed by atoms with Gasteiger partial charge in [-0.05, 0) is 26.9 Å². The first-order valence-electron chi connectivity index (χ1n) is 7.35. The summed E-state index contributed by atoms with van der Waals surface area (Å²) in [4.78, 5) is 19.1. The van der Waals surface area contributed by atoms with E-state index in [9.17, 15) is 4.79 Å². The third kappa shape index (κ3) is 3.09. The van der Waals surface area contributed by atoms with E-state index in [2.05, 4.69) is 48.0 Å². The molecule has 0 aromatic rings. The molecule has 1 amide bonds. The van der Waals surface area contributed by atoms with Gasteiger partial charge in [0.1, 0.15) is 0 Å². The molecule has 5 nitrogen and oxygen atoms in total. The van der Waals surface area contributed by atoms with Gasteiger partial charge in [-0.25, -0.2) is 0 Å². The molecule has 2 aliphatic rings. The van der Waals surface area contributed by atoms with Gasteiger partial charge in [0.15, 0.2) is 0 Å². The van der Waals surface area contributed by atoms with Crippen LogP contribution in [-0.2, 0) is 4.79 Å². The van der Waals surface area contributed by atoms with Crippen molar-refractivity contribution in [1.82, 2.24) is 20.0 Å². The Kier molecular flexibility index (Phi) is 4.48. The van der Waals surface area contributed by atoms with Crippen LogP contribution >= 0.6 is 0 Å². The molecule has 2 rings (SSSR count). The molecule has 0 aromatic carbocycles. The number of carbonyl (C=O) groups is 1. The number of rotatable bonds is 3. The molecule has 3 unspecified atom stereocenters. The minimum absolute atomic E-state index is 0.0426. The van der Waals surface area contributed by atoms with Gasteiger partial charge in [-0.3, -0.25) is 15.0 Å². The maximum Gasteiger partial charge on any atom is 0.240 e. The van der Waals surface area contributed by atoms with Crippen molar-refractivity contribution >= 4 is 5.91 Å². The van der Waals surface area contributed by atoms with Crippen molar-refractivity contribution in [2.75, 3.05) is 40.3 Å². The summed E-state index contributed by atoms with van der Waals surface area (Å²) >= 11 is 0. The quantitative estimate of drug-likeness (QED) is 0.784. The van der Waals surface area contributed by atoms with E-state index in [1.54, 1.807) is 0 Å². The van der Waals surface area contributed by atoms with Crippen LogP contribution in [0.2, 0.25) is 0 Å². The van der Waals surface area contributed by atoms with Gasteiger partial charge >= 0.3 is 0 Å². The second-order valence-corrected chi connectivity index (χ2v) is 6.46. The average Bonchev–Trinajstić information content (AvgIpc) is 2.62. The summed E-state index contributed by atoms with van der Waals surface area (Å²) in [6.45, 7) is 10.4. The van der Waals surface area contributed by atoms with Gasteiger partial charge in [0.25, 0.3) is 0 Å². The summed E-state index contributed by atoms with van der Waals surface area (Å²) in [6.07, 6.45) is 0.183. The van der Waals surface area contributed by atoms with Gasteiger partial charge in [0.05, 0.1) is 12.2 Å². The predicted molar refractivity (Wildman–Crippen MR) is 76.9 cm³/mol. The molecule has 0 saturated carbocycles. The Hall–Kier alpha value is -0.650. The fourth-order valence-corrected chi connectivity index (χ4v) is 3.08. The Morgan fingerprint density at radius 2 is 2.00 bits per heavy atom. The van der Waals surface area contributed by atoms with Crippen molar-refractivity contribution in [1.29, 1.82) is 0 Å². The van der Waals surface area contributed by atoms with Crippen LogP contribution in [0.5, 0.6) is 0 Å². The largest absolute Gasteiger partial charge is 0.324 e. The molecule has 0 spiro atoms. The van der Waals surface area contributed by atoms with Gasteiger partial charge in [0, 0.05) is 32.2 Å². The van der Waals surface area contributed by atoms with Gasteiger partial charge in [-0.15, -0.1) is 0 Å². The van der Waals surface area contributed by atoms with Crippen molar-refractivity contribution in [3.8, 4) is 0 Å². The molecule has 0 radical (unpaired) electrons. The second kappa shape index (κ2) is 5.77. The maximum atomic E-state index is 12.3. The molecule has 3 atom stereocenters. The minimum atomic E-state index is -0.0426. The number of piperazine rings is 1. The molecule has 0 aliphatic carbocycles. The Morgan fingerprint density at radius 1 is 1.32 bits per heavy atom. The molecule has 2 saturated heterocycles. The fraction of sp³-hybridized carbons (Fsp3) is 0.929. The Bertz CT molecular complexity index is 333. The van der Waals surface area contributed by atoms with Crippen molar-refractivity contribution in [3.05, 3.63) is 0 Å². The molecule has 0 aromatic heterocycles. The lowest BCUT2D eigenvalue weighted by Crippen LogP contribution is -2.56. The van der Waals surface area contributed by atoms with E-state index in [0.717, 1.165) is 26.2 Å². The summed E-state index contributed by atoms with van der Waals surface area (Å²) in [5.74, 6) is 0.695. The van der Waals surface area contributed by atoms with Crippen LogP contribution in [0.3, 0.4) is 0 Å². The number of nitrogens with zero attached hydrogens (tertiary/aromatic N) is 3. The van der Waals surface area contributed by atoms with E-state index in [0.29, 0.717) is 12.0 Å². The zero-order valence-electron chi connectivity index (χ0n) is 12.9. The third-order valence-electron chi connectivity index (χ3n) is 4.43. The standard InChI is InChI=1S/C14H28N4O/c1-10(2)13-15-11(3)14(19)18(13)9-12-8-16(4)6-7-17(12)5/h10-13,15H,6-9H2,1-5H3. The number of nitrogens with one attached hydrogen (secondary N) is 1. The highest BCUT2D eigenvalue weighted by atomic mass is 16.2. The monoisotopic (exact) mass is 268 g/mol. The van der Waals surface area contributed by atoms with Crippen molar-refractivity contribution in [3.63, 3.8) is 0 Å². The Balaban J connectivity index is 2.05. The van der Waals surface area contributed by atoms with E-state index in [1.807, 2.05) is 6.92 Å². The summed E-state index contributed by atoms with van der Waals surface area (Å²) in [5, 5.41) is 3.41. The summed E-state index contributed by atoms with van der Waals surface area (Å²) in [6, 6.07) is 0.398. The highest BCUT2D eigenvalue weighted by molar-refractivity contribution is 5.84. The van der Waals surface area contributed by atoms with Gasteiger partial charge < -0.3 is 9.80 Å². The fourth-order valence-electron chi connectivity index (χ4n) is 3.08.